The zero-order chi connectivity index (χ0) is 14.7. The van der Waals surface area contributed by atoms with Gasteiger partial charge in [-0.2, -0.15) is 0 Å². The fourth-order valence-corrected chi connectivity index (χ4v) is 4.50. The standard InChI is InChI=1S/2C8H12BO.2Y/c2*1-5-6-3-4-8(5,2)10-7(6)9;;/h2*5-7H,2-4H2,1H3;;/q2*-1;;/t5-,6?,7+,8?;5-,6-,7-,8?;;/m01../s1. The van der Waals surface area contributed by atoms with Crippen molar-refractivity contribution in [3.63, 3.8) is 0 Å². The molecule has 2 saturated heterocycles. The minimum Gasteiger partial charge on any atom is -0.413 e. The molecule has 6 radical (unpaired) electrons. The van der Waals surface area contributed by atoms with Crippen molar-refractivity contribution in [1.29, 1.82) is 0 Å². The van der Waals surface area contributed by atoms with E-state index in [-0.39, 0.29) is 88.6 Å². The first-order chi connectivity index (χ1) is 9.27. The minimum atomic E-state index is -0.135. The summed E-state index contributed by atoms with van der Waals surface area (Å²) in [7, 11) is 11.5. The van der Waals surface area contributed by atoms with Crippen molar-refractivity contribution in [3.8, 4) is 0 Å². The fourth-order valence-electron chi connectivity index (χ4n) is 4.50. The van der Waals surface area contributed by atoms with Gasteiger partial charge in [-0.05, 0) is 36.5 Å². The molecule has 2 saturated carbocycles. The molecule has 0 aromatic rings. The van der Waals surface area contributed by atoms with Gasteiger partial charge >= 0.3 is 0 Å². The average Bonchev–Trinajstić information content (AvgIpc) is 2.94. The van der Waals surface area contributed by atoms with Crippen LogP contribution in [0.1, 0.15) is 39.5 Å². The Kier molecular flexibility index (Phi) is 7.98. The van der Waals surface area contributed by atoms with Crippen LogP contribution in [0.25, 0.3) is 0 Å². The Bertz CT molecular complexity index is 364. The summed E-state index contributed by atoms with van der Waals surface area (Å²) < 4.78 is 11.1. The first-order valence-electron chi connectivity index (χ1n) is 7.84. The maximum Gasteiger partial charge on any atom is 0.109 e. The largest absolute Gasteiger partial charge is 0.413 e. The molecule has 8 atom stereocenters. The third-order valence-electron chi connectivity index (χ3n) is 6.33. The van der Waals surface area contributed by atoms with Gasteiger partial charge in [-0.15, -0.1) is 0 Å². The van der Waals surface area contributed by atoms with Crippen LogP contribution in [0.2, 0.25) is 0 Å². The second-order valence-corrected chi connectivity index (χ2v) is 7.28. The summed E-state index contributed by atoms with van der Waals surface area (Å²) >= 11 is 0. The summed E-state index contributed by atoms with van der Waals surface area (Å²) in [6.07, 6.45) is 4.58. The van der Waals surface area contributed by atoms with E-state index in [1.54, 1.807) is 0 Å². The summed E-state index contributed by atoms with van der Waals surface area (Å²) in [5, 5.41) is 0. The Hall–Kier alpha value is 2.26. The smallest absolute Gasteiger partial charge is 0.109 e. The van der Waals surface area contributed by atoms with Gasteiger partial charge in [0.05, 0.1) is 0 Å². The van der Waals surface area contributed by atoms with Crippen LogP contribution in [0.4, 0.5) is 0 Å². The van der Waals surface area contributed by atoms with Crippen LogP contribution in [0.3, 0.4) is 0 Å². The van der Waals surface area contributed by atoms with Gasteiger partial charge in [0, 0.05) is 77.4 Å². The van der Waals surface area contributed by atoms with E-state index in [1.165, 1.54) is 12.8 Å². The Morgan fingerprint density at radius 2 is 1.14 bits per heavy atom. The molecule has 6 heteroatoms. The van der Waals surface area contributed by atoms with Crippen molar-refractivity contribution in [1.82, 2.24) is 0 Å². The molecule has 3 unspecified atom stereocenters. The molecule has 4 rings (SSSR count). The molecule has 2 heterocycles. The Morgan fingerprint density at radius 1 is 0.818 bits per heavy atom. The van der Waals surface area contributed by atoms with Gasteiger partial charge in [0.15, 0.2) is 0 Å². The number of hydrogen-bond donors (Lipinski definition) is 0. The molecule has 0 N–H and O–H groups in total. The maximum atomic E-state index is 5.73. The predicted octanol–water partition coefficient (Wildman–Crippen LogP) is 2.26. The molecule has 0 aromatic heterocycles. The van der Waals surface area contributed by atoms with Crippen LogP contribution < -0.4 is 0 Å². The van der Waals surface area contributed by atoms with Crippen LogP contribution in [-0.4, -0.2) is 38.9 Å². The maximum absolute atomic E-state index is 5.73. The van der Waals surface area contributed by atoms with Crippen molar-refractivity contribution in [3.05, 3.63) is 13.8 Å². The van der Waals surface area contributed by atoms with Gasteiger partial charge in [-0.3, -0.25) is 0 Å². The van der Waals surface area contributed by atoms with Crippen LogP contribution in [0, 0.1) is 37.5 Å². The van der Waals surface area contributed by atoms with Crippen LogP contribution in [0.15, 0.2) is 0 Å². The Balaban J connectivity index is 0.000000202. The zero-order valence-corrected chi connectivity index (χ0v) is 19.5. The molecule has 4 aliphatic rings. The predicted molar refractivity (Wildman–Crippen MR) is 81.2 cm³/mol. The van der Waals surface area contributed by atoms with Gasteiger partial charge in [0.1, 0.15) is 15.7 Å². The second-order valence-electron chi connectivity index (χ2n) is 7.28. The van der Waals surface area contributed by atoms with Gasteiger partial charge in [-0.1, -0.05) is 37.9 Å². The van der Waals surface area contributed by atoms with E-state index in [0.717, 1.165) is 12.8 Å². The third-order valence-corrected chi connectivity index (χ3v) is 6.33. The average molecular weight is 448 g/mol. The van der Waals surface area contributed by atoms with Gasteiger partial charge in [0.25, 0.3) is 0 Å². The summed E-state index contributed by atoms with van der Waals surface area (Å²) in [6, 6.07) is -0.0810. The SMILES string of the molecule is [B][C@@H]1OC2([CH2-])CCC1[C@@H]2C.[B][C@@H]1OC2([CH2-])CC[C@@H]1[C@H]2C.[Y].[Y]. The molecule has 0 aromatic carbocycles. The zero-order valence-electron chi connectivity index (χ0n) is 13.8. The van der Waals surface area contributed by atoms with E-state index in [0.29, 0.717) is 23.7 Å². The van der Waals surface area contributed by atoms with Gasteiger partial charge in [-0.25, -0.2) is 0 Å². The van der Waals surface area contributed by atoms with Crippen LogP contribution in [0.5, 0.6) is 0 Å². The van der Waals surface area contributed by atoms with E-state index in [2.05, 4.69) is 27.7 Å². The quantitative estimate of drug-likeness (QED) is 0.419. The summed E-state index contributed by atoms with van der Waals surface area (Å²) in [5.41, 5.74) is -0.270. The van der Waals surface area contributed by atoms with E-state index < -0.39 is 0 Å². The van der Waals surface area contributed by atoms with Gasteiger partial charge in [0.2, 0.25) is 0 Å². The van der Waals surface area contributed by atoms with E-state index >= 15 is 0 Å². The van der Waals surface area contributed by atoms with Crippen molar-refractivity contribution < 1.29 is 74.9 Å². The van der Waals surface area contributed by atoms with E-state index in [1.807, 2.05) is 0 Å². The molecule has 0 spiro atoms. The van der Waals surface area contributed by atoms with E-state index in [9.17, 15) is 0 Å². The number of rotatable bonds is 0. The Morgan fingerprint density at radius 3 is 1.23 bits per heavy atom. The first-order valence-corrected chi connectivity index (χ1v) is 7.84. The summed E-state index contributed by atoms with van der Waals surface area (Å²) in [5.74, 6) is 2.25. The second kappa shape index (κ2) is 7.87. The molecule has 2 aliphatic heterocycles. The summed E-state index contributed by atoms with van der Waals surface area (Å²) in [6.45, 7) is 12.5. The molecule has 4 bridgehead atoms. The van der Waals surface area contributed by atoms with Crippen LogP contribution in [-0.2, 0) is 74.9 Å². The molecule has 0 amide bonds. The molecule has 22 heavy (non-hydrogen) atoms. The molecule has 4 fully saturated rings. The Labute approximate surface area is 188 Å². The summed E-state index contributed by atoms with van der Waals surface area (Å²) in [4.78, 5) is 0. The normalized spacial score (nSPS) is 54.2. The van der Waals surface area contributed by atoms with Crippen molar-refractivity contribution >= 4 is 15.7 Å². The van der Waals surface area contributed by atoms with Gasteiger partial charge < -0.3 is 23.3 Å². The number of hydrogen-bond acceptors (Lipinski definition) is 2. The van der Waals surface area contributed by atoms with Crippen molar-refractivity contribution in [2.24, 2.45) is 23.7 Å². The minimum absolute atomic E-state index is 0. The molecule has 2 aliphatic carbocycles. The van der Waals surface area contributed by atoms with Crippen LogP contribution >= 0.6 is 0 Å². The number of fused-ring (bicyclic) bond motifs is 4. The monoisotopic (exact) mass is 448 g/mol. The molecule has 114 valence electrons. The van der Waals surface area contributed by atoms with Crippen molar-refractivity contribution in [2.75, 3.05) is 0 Å². The topological polar surface area (TPSA) is 18.5 Å². The first kappa shape index (κ1) is 22.3. The fraction of sp³-hybridized carbons (Fsp3) is 0.875. The molecular formula is C16H24B2O2Y2-2. The van der Waals surface area contributed by atoms with Crippen molar-refractivity contribution in [2.45, 2.75) is 62.7 Å². The molecular weight excluding hydrogens is 424 g/mol. The molecule has 2 nitrogen and oxygen atoms in total. The third kappa shape index (κ3) is 3.68. The van der Waals surface area contributed by atoms with E-state index in [4.69, 9.17) is 25.2 Å². The number of ether oxygens (including phenoxy) is 2.